The van der Waals surface area contributed by atoms with Gasteiger partial charge in [0, 0.05) is 5.39 Å². The molecule has 0 radical (unpaired) electrons. The van der Waals surface area contributed by atoms with Crippen LogP contribution < -0.4 is 21.2 Å². The van der Waals surface area contributed by atoms with Crippen LogP contribution in [0.2, 0.25) is 0 Å². The minimum absolute atomic E-state index is 1.12. The number of rotatable bonds is 4. The summed E-state index contributed by atoms with van der Waals surface area (Å²) in [5.74, 6) is 0. The molecule has 3 heteroatoms. The molecule has 0 saturated carbocycles. The molecular formula is C25H20N2P+. The molecule has 1 N–H and O–H groups in total. The highest BCUT2D eigenvalue weighted by molar-refractivity contribution is 8.01. The molecule has 1 heterocycles. The molecular weight excluding hydrogens is 359 g/mol. The van der Waals surface area contributed by atoms with Gasteiger partial charge in [0.15, 0.2) is 0 Å². The third kappa shape index (κ3) is 2.58. The minimum atomic E-state index is -2.09. The van der Waals surface area contributed by atoms with Gasteiger partial charge in [0.2, 0.25) is 0 Å². The Labute approximate surface area is 165 Å². The van der Waals surface area contributed by atoms with Crippen molar-refractivity contribution in [3.63, 3.8) is 0 Å². The molecule has 0 unspecified atom stereocenters. The molecule has 0 aliphatic heterocycles. The number of aromatic nitrogens is 2. The Balaban J connectivity index is 1.98. The Morgan fingerprint density at radius 2 is 1.04 bits per heavy atom. The molecule has 28 heavy (non-hydrogen) atoms. The van der Waals surface area contributed by atoms with Crippen LogP contribution in [0.5, 0.6) is 0 Å². The molecule has 0 fully saturated rings. The number of aromatic amines is 1. The molecule has 0 bridgehead atoms. The third-order valence-electron chi connectivity index (χ3n) is 5.25. The normalized spacial score (nSPS) is 11.6. The summed E-state index contributed by atoms with van der Waals surface area (Å²) in [7, 11) is -2.09. The van der Waals surface area contributed by atoms with E-state index in [-0.39, 0.29) is 0 Å². The van der Waals surface area contributed by atoms with Crippen LogP contribution in [0.1, 0.15) is 0 Å². The highest BCUT2D eigenvalue weighted by Gasteiger charge is 2.49. The van der Waals surface area contributed by atoms with Crippen molar-refractivity contribution in [2.75, 3.05) is 0 Å². The molecule has 5 rings (SSSR count). The maximum Gasteiger partial charge on any atom is 0.146 e. The van der Waals surface area contributed by atoms with Gasteiger partial charge in [-0.2, -0.15) is 5.10 Å². The molecule has 5 aromatic rings. The summed E-state index contributed by atoms with van der Waals surface area (Å²) in [6.45, 7) is 0. The van der Waals surface area contributed by atoms with E-state index in [9.17, 15) is 0 Å². The number of nitrogens with one attached hydrogen (secondary N) is 1. The number of fused-ring (bicyclic) bond motifs is 1. The topological polar surface area (TPSA) is 28.7 Å². The molecule has 0 saturated heterocycles. The van der Waals surface area contributed by atoms with E-state index >= 15 is 0 Å². The monoisotopic (exact) mass is 379 g/mol. The number of hydrogen-bond donors (Lipinski definition) is 1. The van der Waals surface area contributed by atoms with Crippen molar-refractivity contribution in [2.45, 2.75) is 0 Å². The Morgan fingerprint density at radius 3 is 1.54 bits per heavy atom. The Bertz CT molecular complexity index is 1100. The highest BCUT2D eigenvalue weighted by Crippen LogP contribution is 2.55. The number of hydrogen-bond acceptors (Lipinski definition) is 1. The summed E-state index contributed by atoms with van der Waals surface area (Å²) in [5, 5.41) is 14.1. The van der Waals surface area contributed by atoms with Crippen molar-refractivity contribution >= 4 is 39.4 Å². The standard InChI is InChI=1S/C25H20N2P/c1-4-12-21(13-5-1)28(22-14-6-2-7-15-22,23-16-8-3-9-17-23)24-18-10-11-20-19-26-27-25(20)24/h1-19H,(H,26,27)/q+1. The van der Waals surface area contributed by atoms with Crippen LogP contribution in [0.3, 0.4) is 0 Å². The van der Waals surface area contributed by atoms with Crippen LogP contribution in [0.25, 0.3) is 10.9 Å². The first-order valence-electron chi connectivity index (χ1n) is 9.39. The predicted molar refractivity (Wildman–Crippen MR) is 121 cm³/mol. The SMILES string of the molecule is c1ccc([P+](c2ccccc2)(c2ccccc2)c2cccc3cn[nH]c23)cc1. The van der Waals surface area contributed by atoms with Crippen LogP contribution in [0.4, 0.5) is 0 Å². The summed E-state index contributed by atoms with van der Waals surface area (Å²) in [4.78, 5) is 0. The molecule has 0 spiro atoms. The van der Waals surface area contributed by atoms with E-state index in [1.54, 1.807) is 0 Å². The van der Waals surface area contributed by atoms with Crippen LogP contribution in [-0.2, 0) is 0 Å². The van der Waals surface area contributed by atoms with Gasteiger partial charge in [0.05, 0.1) is 6.20 Å². The summed E-state index contributed by atoms with van der Waals surface area (Å²) in [5.41, 5.74) is 1.12. The Hall–Kier alpha value is -3.22. The van der Waals surface area contributed by atoms with E-state index in [0.717, 1.165) is 10.9 Å². The number of H-pyrrole nitrogens is 1. The van der Waals surface area contributed by atoms with E-state index in [1.807, 2.05) is 6.20 Å². The fourth-order valence-electron chi connectivity index (χ4n) is 4.05. The van der Waals surface area contributed by atoms with Gasteiger partial charge in [-0.3, -0.25) is 5.10 Å². The lowest BCUT2D eigenvalue weighted by Gasteiger charge is -2.27. The first kappa shape index (κ1) is 16.9. The van der Waals surface area contributed by atoms with Crippen molar-refractivity contribution in [1.82, 2.24) is 10.2 Å². The van der Waals surface area contributed by atoms with Gasteiger partial charge in [-0.05, 0) is 42.5 Å². The zero-order valence-corrected chi connectivity index (χ0v) is 16.3. The minimum Gasteiger partial charge on any atom is -0.274 e. The first-order valence-corrected chi connectivity index (χ1v) is 11.2. The number of benzene rings is 4. The van der Waals surface area contributed by atoms with Gasteiger partial charge >= 0.3 is 0 Å². The summed E-state index contributed by atoms with van der Waals surface area (Å²) < 4.78 is 0. The molecule has 4 aromatic carbocycles. The van der Waals surface area contributed by atoms with Gasteiger partial charge in [0.25, 0.3) is 0 Å². The van der Waals surface area contributed by atoms with E-state index in [1.165, 1.54) is 21.2 Å². The van der Waals surface area contributed by atoms with Crippen LogP contribution in [-0.4, -0.2) is 10.2 Å². The van der Waals surface area contributed by atoms with E-state index in [2.05, 4.69) is 119 Å². The average Bonchev–Trinajstić information content (AvgIpc) is 3.26. The van der Waals surface area contributed by atoms with Gasteiger partial charge < -0.3 is 0 Å². The first-order chi connectivity index (χ1) is 13.9. The second-order valence-corrected chi connectivity index (χ2v) is 10.2. The summed E-state index contributed by atoms with van der Waals surface area (Å²) in [6.07, 6.45) is 1.91. The maximum absolute atomic E-state index is 4.35. The van der Waals surface area contributed by atoms with Gasteiger partial charge in [0.1, 0.15) is 34.0 Å². The maximum atomic E-state index is 4.35. The lowest BCUT2D eigenvalue weighted by molar-refractivity contribution is 1.12. The zero-order chi connectivity index (χ0) is 18.8. The van der Waals surface area contributed by atoms with Crippen LogP contribution >= 0.6 is 7.26 Å². The summed E-state index contributed by atoms with van der Waals surface area (Å²) in [6, 6.07) is 39.3. The van der Waals surface area contributed by atoms with Crippen LogP contribution in [0, 0.1) is 0 Å². The smallest absolute Gasteiger partial charge is 0.146 e. The predicted octanol–water partition coefficient (Wildman–Crippen LogP) is 4.18. The fourth-order valence-corrected chi connectivity index (χ4v) is 8.46. The molecule has 0 atom stereocenters. The van der Waals surface area contributed by atoms with Crippen molar-refractivity contribution in [3.05, 3.63) is 115 Å². The largest absolute Gasteiger partial charge is 0.274 e. The van der Waals surface area contributed by atoms with Gasteiger partial charge in [-0.15, -0.1) is 0 Å². The number of nitrogens with zero attached hydrogens (tertiary/aromatic N) is 1. The highest BCUT2D eigenvalue weighted by atomic mass is 31.2. The zero-order valence-electron chi connectivity index (χ0n) is 15.4. The molecule has 134 valence electrons. The third-order valence-corrected chi connectivity index (χ3v) is 9.56. The van der Waals surface area contributed by atoms with Gasteiger partial charge in [-0.1, -0.05) is 66.7 Å². The van der Waals surface area contributed by atoms with Crippen LogP contribution in [0.15, 0.2) is 115 Å². The second kappa shape index (κ2) is 7.07. The number of para-hydroxylation sites is 1. The molecule has 0 amide bonds. The van der Waals surface area contributed by atoms with E-state index in [4.69, 9.17) is 0 Å². The van der Waals surface area contributed by atoms with Crippen molar-refractivity contribution in [1.29, 1.82) is 0 Å². The van der Waals surface area contributed by atoms with E-state index in [0.29, 0.717) is 0 Å². The Kier molecular flexibility index (Phi) is 4.27. The molecule has 0 aliphatic rings. The second-order valence-electron chi connectivity index (χ2n) is 6.79. The van der Waals surface area contributed by atoms with Crippen molar-refractivity contribution in [3.8, 4) is 0 Å². The Morgan fingerprint density at radius 1 is 0.536 bits per heavy atom. The lowest BCUT2D eigenvalue weighted by atomic mass is 10.3. The molecule has 1 aromatic heterocycles. The quantitative estimate of drug-likeness (QED) is 0.466. The fraction of sp³-hybridized carbons (Fsp3) is 0. The lowest BCUT2D eigenvalue weighted by Crippen LogP contribution is -2.39. The summed E-state index contributed by atoms with van der Waals surface area (Å²) >= 11 is 0. The molecule has 2 nitrogen and oxygen atoms in total. The average molecular weight is 379 g/mol. The van der Waals surface area contributed by atoms with Gasteiger partial charge in [-0.25, -0.2) is 0 Å². The van der Waals surface area contributed by atoms with E-state index < -0.39 is 7.26 Å². The molecule has 0 aliphatic carbocycles. The van der Waals surface area contributed by atoms with Crippen molar-refractivity contribution < 1.29 is 0 Å². The van der Waals surface area contributed by atoms with Crippen molar-refractivity contribution in [2.24, 2.45) is 0 Å².